The number of hydrogen-bond acceptors (Lipinski definition) is 4. The van der Waals surface area contributed by atoms with Crippen LogP contribution in [0.4, 0.5) is 5.69 Å². The minimum atomic E-state index is -3.33. The van der Waals surface area contributed by atoms with Crippen LogP contribution in [-0.4, -0.2) is 38.9 Å². The molecule has 0 radical (unpaired) electrons. The van der Waals surface area contributed by atoms with Crippen LogP contribution in [0.5, 0.6) is 0 Å². The number of anilines is 1. The van der Waals surface area contributed by atoms with E-state index in [1.807, 2.05) is 6.92 Å². The summed E-state index contributed by atoms with van der Waals surface area (Å²) in [4.78, 5) is 2.22. The smallest absolute Gasteiger partial charge is 0.252 e. The number of benzene rings is 1. The molecule has 0 unspecified atom stereocenters. The molecule has 0 saturated carbocycles. The van der Waals surface area contributed by atoms with Crippen molar-refractivity contribution in [2.75, 3.05) is 31.1 Å². The molecule has 2 heterocycles. The van der Waals surface area contributed by atoms with Crippen molar-refractivity contribution in [2.24, 2.45) is 0 Å². The van der Waals surface area contributed by atoms with Gasteiger partial charge >= 0.3 is 0 Å². The maximum atomic E-state index is 12.5. The number of allylic oxidation sites excluding steroid dienone is 1. The molecule has 0 aliphatic carbocycles. The summed E-state index contributed by atoms with van der Waals surface area (Å²) < 4.78 is 27.0. The molecule has 1 aliphatic rings. The van der Waals surface area contributed by atoms with E-state index in [2.05, 4.69) is 35.7 Å². The topological polar surface area (TPSA) is 40.6 Å². The summed E-state index contributed by atoms with van der Waals surface area (Å²) in [5.74, 6) is 0. The zero-order valence-electron chi connectivity index (χ0n) is 13.1. The molecule has 1 aromatic heterocycles. The quantitative estimate of drug-likeness (QED) is 0.851. The first-order chi connectivity index (χ1) is 11.0. The minimum Gasteiger partial charge on any atom is -0.369 e. The summed E-state index contributed by atoms with van der Waals surface area (Å²) in [5.41, 5.74) is 3.30. The molecule has 0 spiro atoms. The van der Waals surface area contributed by atoms with Gasteiger partial charge in [-0.25, -0.2) is 8.42 Å². The molecule has 1 aliphatic heterocycles. The number of sulfonamides is 1. The van der Waals surface area contributed by atoms with E-state index in [1.165, 1.54) is 11.3 Å². The highest BCUT2D eigenvalue weighted by Crippen LogP contribution is 2.24. The number of nitrogens with zero attached hydrogens (tertiary/aromatic N) is 2. The first-order valence-electron chi connectivity index (χ1n) is 7.53. The Kier molecular flexibility index (Phi) is 4.57. The Balaban J connectivity index is 1.68. The van der Waals surface area contributed by atoms with Crippen LogP contribution >= 0.6 is 11.3 Å². The van der Waals surface area contributed by atoms with Crippen molar-refractivity contribution >= 4 is 32.6 Å². The molecule has 0 amide bonds. The van der Waals surface area contributed by atoms with Crippen LogP contribution in [0.15, 0.2) is 52.6 Å². The Morgan fingerprint density at radius 2 is 1.74 bits per heavy atom. The predicted octanol–water partition coefficient (Wildman–Crippen LogP) is 3.29. The lowest BCUT2D eigenvalue weighted by molar-refractivity contribution is 0.386. The van der Waals surface area contributed by atoms with Crippen LogP contribution in [0.25, 0.3) is 5.57 Å². The van der Waals surface area contributed by atoms with Crippen molar-refractivity contribution in [3.8, 4) is 0 Å². The SMILES string of the molecule is C=C(C)c1ccc(N2CCN(S(=O)(=O)c3cccs3)CC2)cc1. The number of piperazine rings is 1. The van der Waals surface area contributed by atoms with E-state index in [4.69, 9.17) is 0 Å². The highest BCUT2D eigenvalue weighted by atomic mass is 32.2. The maximum absolute atomic E-state index is 12.5. The lowest BCUT2D eigenvalue weighted by atomic mass is 10.1. The third-order valence-corrected chi connectivity index (χ3v) is 7.32. The van der Waals surface area contributed by atoms with Crippen molar-refractivity contribution < 1.29 is 8.42 Å². The summed E-state index contributed by atoms with van der Waals surface area (Å²) in [5, 5.41) is 1.80. The molecule has 1 aromatic carbocycles. The summed E-state index contributed by atoms with van der Waals surface area (Å²) in [7, 11) is -3.33. The van der Waals surface area contributed by atoms with E-state index in [-0.39, 0.29) is 0 Å². The van der Waals surface area contributed by atoms with Crippen LogP contribution < -0.4 is 4.90 Å². The van der Waals surface area contributed by atoms with E-state index >= 15 is 0 Å². The standard InChI is InChI=1S/C17H20N2O2S2/c1-14(2)15-5-7-16(8-6-15)18-9-11-19(12-10-18)23(20,21)17-4-3-13-22-17/h3-8,13H,1,9-12H2,2H3. The molecule has 2 aromatic rings. The average Bonchev–Trinajstić information content (AvgIpc) is 3.10. The number of hydrogen-bond donors (Lipinski definition) is 0. The number of rotatable bonds is 4. The Labute approximate surface area is 141 Å². The molecular weight excluding hydrogens is 328 g/mol. The maximum Gasteiger partial charge on any atom is 0.252 e. The van der Waals surface area contributed by atoms with E-state index in [0.29, 0.717) is 30.4 Å². The summed E-state index contributed by atoms with van der Waals surface area (Å²) >= 11 is 1.27. The molecule has 3 rings (SSSR count). The molecule has 6 heteroatoms. The molecule has 1 fully saturated rings. The van der Waals surface area contributed by atoms with Gasteiger partial charge in [-0.15, -0.1) is 11.3 Å². The zero-order valence-corrected chi connectivity index (χ0v) is 14.7. The summed E-state index contributed by atoms with van der Waals surface area (Å²) in [6, 6.07) is 11.7. The lowest BCUT2D eigenvalue weighted by Gasteiger charge is -2.35. The number of thiophene rings is 1. The van der Waals surface area contributed by atoms with Crippen molar-refractivity contribution in [1.29, 1.82) is 0 Å². The van der Waals surface area contributed by atoms with Gasteiger partial charge in [0.15, 0.2) is 0 Å². The van der Waals surface area contributed by atoms with Gasteiger partial charge in [0.25, 0.3) is 10.0 Å². The summed E-state index contributed by atoms with van der Waals surface area (Å²) in [6.45, 7) is 8.38. The van der Waals surface area contributed by atoms with Gasteiger partial charge in [0.1, 0.15) is 4.21 Å². The van der Waals surface area contributed by atoms with Crippen molar-refractivity contribution in [1.82, 2.24) is 4.31 Å². The fourth-order valence-electron chi connectivity index (χ4n) is 2.68. The highest BCUT2D eigenvalue weighted by Gasteiger charge is 2.29. The molecule has 4 nitrogen and oxygen atoms in total. The van der Waals surface area contributed by atoms with Crippen LogP contribution in [0.1, 0.15) is 12.5 Å². The predicted molar refractivity (Wildman–Crippen MR) is 96.4 cm³/mol. The highest BCUT2D eigenvalue weighted by molar-refractivity contribution is 7.91. The molecule has 0 atom stereocenters. The van der Waals surface area contributed by atoms with Crippen molar-refractivity contribution in [3.05, 3.63) is 53.9 Å². The van der Waals surface area contributed by atoms with E-state index in [9.17, 15) is 8.42 Å². The van der Waals surface area contributed by atoms with Gasteiger partial charge in [-0.2, -0.15) is 4.31 Å². The van der Waals surface area contributed by atoms with Gasteiger partial charge < -0.3 is 4.90 Å². The van der Waals surface area contributed by atoms with E-state index in [1.54, 1.807) is 21.8 Å². The van der Waals surface area contributed by atoms with Crippen LogP contribution in [0, 0.1) is 0 Å². The Morgan fingerprint density at radius 1 is 1.09 bits per heavy atom. The van der Waals surface area contributed by atoms with Crippen LogP contribution in [0.3, 0.4) is 0 Å². The molecule has 0 N–H and O–H groups in total. The fraction of sp³-hybridized carbons (Fsp3) is 0.294. The lowest BCUT2D eigenvalue weighted by Crippen LogP contribution is -2.48. The molecule has 0 bridgehead atoms. The second-order valence-electron chi connectivity index (χ2n) is 5.65. The molecule has 1 saturated heterocycles. The third kappa shape index (κ3) is 3.34. The van der Waals surface area contributed by atoms with Gasteiger partial charge in [-0.3, -0.25) is 0 Å². The van der Waals surface area contributed by atoms with Gasteiger partial charge in [0.2, 0.25) is 0 Å². The minimum absolute atomic E-state index is 0.428. The zero-order chi connectivity index (χ0) is 16.4. The van der Waals surface area contributed by atoms with Crippen LogP contribution in [-0.2, 0) is 10.0 Å². The van der Waals surface area contributed by atoms with Crippen molar-refractivity contribution in [2.45, 2.75) is 11.1 Å². The van der Waals surface area contributed by atoms with E-state index in [0.717, 1.165) is 16.8 Å². The monoisotopic (exact) mass is 348 g/mol. The molecule has 23 heavy (non-hydrogen) atoms. The van der Waals surface area contributed by atoms with Gasteiger partial charge in [-0.05, 0) is 36.1 Å². The van der Waals surface area contributed by atoms with E-state index < -0.39 is 10.0 Å². The van der Waals surface area contributed by atoms with Gasteiger partial charge in [0, 0.05) is 31.9 Å². The van der Waals surface area contributed by atoms with Gasteiger partial charge in [0.05, 0.1) is 0 Å². The molecule has 122 valence electrons. The average molecular weight is 348 g/mol. The fourth-order valence-corrected chi connectivity index (χ4v) is 5.25. The molecular formula is C17H20N2O2S2. The first kappa shape index (κ1) is 16.2. The second kappa shape index (κ2) is 6.47. The largest absolute Gasteiger partial charge is 0.369 e. The van der Waals surface area contributed by atoms with Gasteiger partial charge in [-0.1, -0.05) is 30.4 Å². The van der Waals surface area contributed by atoms with Crippen LogP contribution in [0.2, 0.25) is 0 Å². The second-order valence-corrected chi connectivity index (χ2v) is 8.76. The Bertz CT molecular complexity index is 773. The Morgan fingerprint density at radius 3 is 2.26 bits per heavy atom. The summed E-state index contributed by atoms with van der Waals surface area (Å²) in [6.07, 6.45) is 0. The third-order valence-electron chi connectivity index (χ3n) is 4.05. The normalized spacial score (nSPS) is 16.5. The first-order valence-corrected chi connectivity index (χ1v) is 9.85. The Hall–Kier alpha value is -1.63. The van der Waals surface area contributed by atoms with Crippen molar-refractivity contribution in [3.63, 3.8) is 0 Å².